The van der Waals surface area contributed by atoms with Gasteiger partial charge in [0.15, 0.2) is 0 Å². The Morgan fingerprint density at radius 3 is 1.32 bits per heavy atom. The number of hydrogen-bond donors (Lipinski definition) is 2. The molecule has 0 spiro atoms. The van der Waals surface area contributed by atoms with Gasteiger partial charge in [0, 0.05) is 31.1 Å². The molecule has 22 heavy (non-hydrogen) atoms. The summed E-state index contributed by atoms with van der Waals surface area (Å²) in [6, 6.07) is 15.7. The van der Waals surface area contributed by atoms with Crippen LogP contribution in [0.4, 0.5) is 11.4 Å². The van der Waals surface area contributed by atoms with Crippen LogP contribution in [0.2, 0.25) is 0 Å². The molecule has 4 nitrogen and oxygen atoms in total. The lowest BCUT2D eigenvalue weighted by Crippen LogP contribution is -2.06. The molecule has 0 bridgehead atoms. The molecule has 0 aliphatic heterocycles. The van der Waals surface area contributed by atoms with Gasteiger partial charge in [-0.3, -0.25) is 9.59 Å². The van der Waals surface area contributed by atoms with E-state index in [9.17, 15) is 9.59 Å². The average molecular weight is 296 g/mol. The normalized spacial score (nSPS) is 10.4. The highest BCUT2D eigenvalue weighted by molar-refractivity contribution is 5.89. The van der Waals surface area contributed by atoms with Crippen molar-refractivity contribution in [3.05, 3.63) is 59.7 Å². The van der Waals surface area contributed by atoms with E-state index in [1.54, 1.807) is 0 Å². The summed E-state index contributed by atoms with van der Waals surface area (Å²) in [4.78, 5) is 22.0. The Bertz CT molecular complexity index is 601. The largest absolute Gasteiger partial charge is 0.326 e. The summed E-state index contributed by atoms with van der Waals surface area (Å²) in [5.74, 6) is 0.0847. The molecule has 0 unspecified atom stereocenters. The summed E-state index contributed by atoms with van der Waals surface area (Å²) < 4.78 is 0. The van der Waals surface area contributed by atoms with Crippen molar-refractivity contribution in [1.82, 2.24) is 0 Å². The molecule has 0 heterocycles. The van der Waals surface area contributed by atoms with E-state index in [2.05, 4.69) is 17.6 Å². The maximum absolute atomic E-state index is 11.0. The van der Waals surface area contributed by atoms with Crippen LogP contribution < -0.4 is 10.6 Å². The molecule has 0 aliphatic carbocycles. The minimum absolute atomic E-state index is 0.0747. The van der Waals surface area contributed by atoms with Gasteiger partial charge >= 0.3 is 0 Å². The Hall–Kier alpha value is -2.62. The van der Waals surface area contributed by atoms with Gasteiger partial charge in [0.1, 0.15) is 0 Å². The Labute approximate surface area is 130 Å². The zero-order valence-corrected chi connectivity index (χ0v) is 13.0. The van der Waals surface area contributed by atoms with Crippen LogP contribution in [0, 0.1) is 0 Å². The molecule has 2 aromatic carbocycles. The third-order valence-electron chi connectivity index (χ3n) is 3.46. The van der Waals surface area contributed by atoms with E-state index in [0.29, 0.717) is 0 Å². The van der Waals surface area contributed by atoms with E-state index < -0.39 is 0 Å². The molecule has 2 N–H and O–H groups in total. The number of carbonyl (C=O) groups is 2. The molecule has 0 radical (unpaired) electrons. The van der Waals surface area contributed by atoms with Gasteiger partial charge in [0.2, 0.25) is 11.8 Å². The summed E-state index contributed by atoms with van der Waals surface area (Å²) in [5.41, 5.74) is 3.93. The first-order valence-corrected chi connectivity index (χ1v) is 7.21. The fourth-order valence-corrected chi connectivity index (χ4v) is 2.31. The topological polar surface area (TPSA) is 58.2 Å². The lowest BCUT2D eigenvalue weighted by Gasteiger charge is -2.14. The highest BCUT2D eigenvalue weighted by Gasteiger charge is 2.09. The molecular weight excluding hydrogens is 276 g/mol. The van der Waals surface area contributed by atoms with Crippen molar-refractivity contribution >= 4 is 23.2 Å². The Morgan fingerprint density at radius 1 is 0.727 bits per heavy atom. The van der Waals surface area contributed by atoms with Crippen LogP contribution in [-0.4, -0.2) is 11.8 Å². The minimum Gasteiger partial charge on any atom is -0.326 e. The zero-order chi connectivity index (χ0) is 16.1. The fraction of sp³-hybridized carbons (Fsp3) is 0.222. The van der Waals surface area contributed by atoms with Crippen molar-refractivity contribution in [2.75, 3.05) is 10.6 Å². The predicted molar refractivity (Wildman–Crippen MR) is 89.0 cm³/mol. The Kier molecular flexibility index (Phi) is 4.94. The summed E-state index contributed by atoms with van der Waals surface area (Å²) >= 11 is 0. The van der Waals surface area contributed by atoms with Gasteiger partial charge in [-0.05, 0) is 35.4 Å². The van der Waals surface area contributed by atoms with E-state index >= 15 is 0 Å². The van der Waals surface area contributed by atoms with Crippen LogP contribution in [0.5, 0.6) is 0 Å². The quantitative estimate of drug-likeness (QED) is 0.902. The Balaban J connectivity index is 2.11. The van der Waals surface area contributed by atoms with Gasteiger partial charge in [-0.1, -0.05) is 31.2 Å². The molecule has 0 aliphatic rings. The monoisotopic (exact) mass is 296 g/mol. The highest BCUT2D eigenvalue weighted by Crippen LogP contribution is 2.26. The van der Waals surface area contributed by atoms with Crippen molar-refractivity contribution in [1.29, 1.82) is 0 Å². The van der Waals surface area contributed by atoms with Gasteiger partial charge in [0.25, 0.3) is 0 Å². The molecule has 2 rings (SSSR count). The summed E-state index contributed by atoms with van der Waals surface area (Å²) in [7, 11) is 0. The van der Waals surface area contributed by atoms with Gasteiger partial charge in [-0.25, -0.2) is 0 Å². The van der Waals surface area contributed by atoms with Crippen molar-refractivity contribution in [3.8, 4) is 0 Å². The second-order valence-electron chi connectivity index (χ2n) is 5.33. The van der Waals surface area contributed by atoms with Crippen LogP contribution in [0.15, 0.2) is 48.5 Å². The summed E-state index contributed by atoms with van der Waals surface area (Å²) in [6.45, 7) is 5.11. The molecule has 114 valence electrons. The van der Waals surface area contributed by atoms with E-state index in [4.69, 9.17) is 0 Å². The number of rotatable bonds is 4. The summed E-state index contributed by atoms with van der Waals surface area (Å²) in [5, 5.41) is 5.51. The molecule has 0 saturated carbocycles. The zero-order valence-electron chi connectivity index (χ0n) is 13.0. The number of anilines is 2. The van der Waals surface area contributed by atoms with Crippen molar-refractivity contribution in [2.45, 2.75) is 26.7 Å². The lowest BCUT2D eigenvalue weighted by molar-refractivity contribution is -0.115. The first kappa shape index (κ1) is 15.8. The fourth-order valence-electron chi connectivity index (χ4n) is 2.31. The van der Waals surface area contributed by atoms with E-state index in [1.807, 2.05) is 48.5 Å². The smallest absolute Gasteiger partial charge is 0.221 e. The predicted octanol–water partition coefficient (Wildman–Crippen LogP) is 3.76. The Morgan fingerprint density at radius 2 is 1.05 bits per heavy atom. The summed E-state index contributed by atoms with van der Waals surface area (Å²) in [6.07, 6.45) is 0. The van der Waals surface area contributed by atoms with Crippen LogP contribution in [0.3, 0.4) is 0 Å². The molecule has 0 aromatic heterocycles. The second kappa shape index (κ2) is 6.89. The number of nitrogens with one attached hydrogen (secondary N) is 2. The molecule has 4 heteroatoms. The van der Waals surface area contributed by atoms with Crippen LogP contribution in [0.25, 0.3) is 0 Å². The van der Waals surface area contributed by atoms with E-state index in [1.165, 1.54) is 25.0 Å². The molecule has 2 aromatic rings. The number of hydrogen-bond acceptors (Lipinski definition) is 2. The minimum atomic E-state index is -0.0747. The standard InChI is InChI=1S/C18H20N2O2/c1-12(15-4-8-17(9-5-15)19-13(2)21)16-6-10-18(11-7-16)20-14(3)22/h4-12H,1-3H3,(H,19,21)(H,20,22). The van der Waals surface area contributed by atoms with Gasteiger partial charge in [-0.15, -0.1) is 0 Å². The first-order chi connectivity index (χ1) is 10.5. The maximum atomic E-state index is 11.0. The van der Waals surface area contributed by atoms with Gasteiger partial charge < -0.3 is 10.6 Å². The van der Waals surface area contributed by atoms with Crippen LogP contribution in [0.1, 0.15) is 37.8 Å². The van der Waals surface area contributed by atoms with Gasteiger partial charge in [0.05, 0.1) is 0 Å². The number of carbonyl (C=O) groups excluding carboxylic acids is 2. The van der Waals surface area contributed by atoms with E-state index in [0.717, 1.165) is 11.4 Å². The third-order valence-corrected chi connectivity index (χ3v) is 3.46. The van der Waals surface area contributed by atoms with Crippen LogP contribution >= 0.6 is 0 Å². The van der Waals surface area contributed by atoms with Crippen molar-refractivity contribution in [2.24, 2.45) is 0 Å². The number of benzene rings is 2. The molecule has 0 fully saturated rings. The van der Waals surface area contributed by atoms with Crippen molar-refractivity contribution < 1.29 is 9.59 Å². The van der Waals surface area contributed by atoms with Gasteiger partial charge in [-0.2, -0.15) is 0 Å². The molecule has 2 amide bonds. The second-order valence-corrected chi connectivity index (χ2v) is 5.33. The molecular formula is C18H20N2O2. The highest BCUT2D eigenvalue weighted by atomic mass is 16.2. The maximum Gasteiger partial charge on any atom is 0.221 e. The third kappa shape index (κ3) is 4.19. The van der Waals surface area contributed by atoms with Crippen LogP contribution in [-0.2, 0) is 9.59 Å². The average Bonchev–Trinajstić information content (AvgIpc) is 2.47. The SMILES string of the molecule is CC(=O)Nc1ccc(C(C)c2ccc(NC(C)=O)cc2)cc1. The lowest BCUT2D eigenvalue weighted by atomic mass is 9.93. The molecule has 0 saturated heterocycles. The van der Waals surface area contributed by atoms with Crippen molar-refractivity contribution in [3.63, 3.8) is 0 Å². The first-order valence-electron chi connectivity index (χ1n) is 7.21. The van der Waals surface area contributed by atoms with E-state index in [-0.39, 0.29) is 17.7 Å². The molecule has 0 atom stereocenters. The number of amides is 2.